The van der Waals surface area contributed by atoms with E-state index >= 15 is 0 Å². The molecule has 0 amide bonds. The molecule has 1 saturated heterocycles. The average molecular weight is 474 g/mol. The van der Waals surface area contributed by atoms with Crippen molar-refractivity contribution in [2.24, 2.45) is 0 Å². The summed E-state index contributed by atoms with van der Waals surface area (Å²) < 4.78 is 17.8. The van der Waals surface area contributed by atoms with Crippen LogP contribution in [0.25, 0.3) is 11.1 Å². The smallest absolute Gasteiger partial charge is 0.150 e. The van der Waals surface area contributed by atoms with Crippen molar-refractivity contribution < 1.29 is 24.4 Å². The second-order valence-electron chi connectivity index (χ2n) is 9.35. The van der Waals surface area contributed by atoms with Gasteiger partial charge in [0, 0.05) is 17.2 Å². The molecule has 3 aromatic rings. The highest BCUT2D eigenvalue weighted by Gasteiger charge is 2.30. The van der Waals surface area contributed by atoms with Gasteiger partial charge >= 0.3 is 0 Å². The Bertz CT molecular complexity index is 1230. The van der Waals surface area contributed by atoms with Gasteiger partial charge in [-0.15, -0.1) is 0 Å². The second-order valence-corrected chi connectivity index (χ2v) is 9.35. The third-order valence-electron chi connectivity index (χ3n) is 7.00. The Balaban J connectivity index is 1.40. The van der Waals surface area contributed by atoms with Gasteiger partial charge in [0.25, 0.3) is 0 Å². The first-order valence-electron chi connectivity index (χ1n) is 11.9. The van der Waals surface area contributed by atoms with Crippen LogP contribution in [0.4, 0.5) is 0 Å². The minimum atomic E-state index is -0.369. The maximum atomic E-state index is 10.1. The minimum absolute atomic E-state index is 0.187. The molecule has 35 heavy (non-hydrogen) atoms. The molecule has 0 spiro atoms. The summed E-state index contributed by atoms with van der Waals surface area (Å²) in [6, 6.07) is 21.1. The molecule has 3 aromatic carbocycles. The number of phenolic OH excluding ortho intramolecular Hbond substituents is 2. The summed E-state index contributed by atoms with van der Waals surface area (Å²) in [5.41, 5.74) is 4.64. The molecule has 2 N–H and O–H groups in total. The molecule has 0 aromatic heterocycles. The van der Waals surface area contributed by atoms with E-state index in [1.807, 2.05) is 43.3 Å². The summed E-state index contributed by atoms with van der Waals surface area (Å²) in [5, 5.41) is 20.2. The molecule has 2 heterocycles. The fourth-order valence-electron chi connectivity index (χ4n) is 4.61. The number of benzene rings is 3. The highest BCUT2D eigenvalue weighted by molar-refractivity contribution is 5.95. The summed E-state index contributed by atoms with van der Waals surface area (Å²) in [4.78, 5) is 2.30. The van der Waals surface area contributed by atoms with Crippen LogP contribution in [-0.2, 0) is 4.74 Å². The Hall–Kier alpha value is -3.48. The quantitative estimate of drug-likeness (QED) is 0.488. The highest BCUT2D eigenvalue weighted by Crippen LogP contribution is 2.47. The zero-order valence-corrected chi connectivity index (χ0v) is 20.3. The fourth-order valence-corrected chi connectivity index (χ4v) is 4.61. The number of ether oxygens (including phenoxy) is 3. The number of allylic oxidation sites excluding steroid dienone is 1. The number of nitrogens with zero attached hydrogens (tertiary/aromatic N) is 1. The van der Waals surface area contributed by atoms with Crippen LogP contribution >= 0.6 is 0 Å². The Morgan fingerprint density at radius 3 is 2.43 bits per heavy atom. The molecule has 182 valence electrons. The Labute approximate surface area is 206 Å². The van der Waals surface area contributed by atoms with Crippen LogP contribution in [0.2, 0.25) is 0 Å². The number of phenols is 2. The van der Waals surface area contributed by atoms with E-state index in [-0.39, 0.29) is 23.6 Å². The summed E-state index contributed by atoms with van der Waals surface area (Å²) >= 11 is 0. The molecule has 0 saturated carbocycles. The monoisotopic (exact) mass is 473 g/mol. The van der Waals surface area contributed by atoms with Crippen molar-refractivity contribution in [3.05, 3.63) is 83.4 Å². The summed E-state index contributed by atoms with van der Waals surface area (Å²) in [7, 11) is 2.11. The summed E-state index contributed by atoms with van der Waals surface area (Å²) in [6.45, 7) is 6.35. The van der Waals surface area contributed by atoms with Crippen LogP contribution < -0.4 is 9.47 Å². The Morgan fingerprint density at radius 2 is 1.74 bits per heavy atom. The van der Waals surface area contributed by atoms with Gasteiger partial charge in [0.2, 0.25) is 0 Å². The van der Waals surface area contributed by atoms with Crippen molar-refractivity contribution >= 4 is 11.1 Å². The molecule has 0 radical (unpaired) electrons. The summed E-state index contributed by atoms with van der Waals surface area (Å²) in [6.07, 6.45) is -0.369. The van der Waals surface area contributed by atoms with Gasteiger partial charge < -0.3 is 24.4 Å². The van der Waals surface area contributed by atoms with E-state index in [0.29, 0.717) is 18.4 Å². The minimum Gasteiger partial charge on any atom is -0.508 e. The van der Waals surface area contributed by atoms with E-state index < -0.39 is 0 Å². The predicted octanol–water partition coefficient (Wildman–Crippen LogP) is 5.26. The lowest BCUT2D eigenvalue weighted by atomic mass is 9.86. The molecule has 6 heteroatoms. The van der Waals surface area contributed by atoms with Crippen molar-refractivity contribution in [2.45, 2.75) is 32.0 Å². The van der Waals surface area contributed by atoms with Crippen molar-refractivity contribution in [3.8, 4) is 23.0 Å². The SMILES string of the molecule is CC1=C(c2cccc(O)c2)C(c2ccc(OC[C@H](C)N(C)C3COC3)cc2)Oc2ccc(O)cc21. The zero-order valence-electron chi connectivity index (χ0n) is 20.3. The van der Waals surface area contributed by atoms with Gasteiger partial charge in [-0.1, -0.05) is 24.3 Å². The molecule has 5 rings (SSSR count). The van der Waals surface area contributed by atoms with E-state index in [9.17, 15) is 10.2 Å². The molecule has 1 fully saturated rings. The first kappa shape index (κ1) is 23.3. The first-order chi connectivity index (χ1) is 16.9. The van der Waals surface area contributed by atoms with Crippen LogP contribution in [-0.4, -0.2) is 54.1 Å². The average Bonchev–Trinajstić information content (AvgIpc) is 2.82. The molecule has 6 nitrogen and oxygen atoms in total. The van der Waals surface area contributed by atoms with E-state index in [0.717, 1.165) is 46.8 Å². The van der Waals surface area contributed by atoms with E-state index in [1.54, 1.807) is 30.3 Å². The lowest BCUT2D eigenvalue weighted by Crippen LogP contribution is -2.51. The molecule has 2 aliphatic heterocycles. The zero-order chi connectivity index (χ0) is 24.5. The van der Waals surface area contributed by atoms with Crippen LogP contribution in [0.5, 0.6) is 23.0 Å². The van der Waals surface area contributed by atoms with E-state index in [1.165, 1.54) is 0 Å². The van der Waals surface area contributed by atoms with E-state index in [2.05, 4.69) is 18.9 Å². The number of hydrogen-bond acceptors (Lipinski definition) is 6. The standard InChI is InChI=1S/C29H31NO5/c1-18(30(3)22-16-33-17-22)15-34-25-10-7-20(8-11-25)29-28(21-5-4-6-23(31)13-21)19(2)26-14-24(32)9-12-27(26)35-29/h4-14,18,22,29,31-32H,15-17H2,1-3H3/t18-,29?/m0/s1. The third kappa shape index (κ3) is 4.72. The van der Waals surface area contributed by atoms with Gasteiger partial charge in [0.05, 0.1) is 19.3 Å². The van der Waals surface area contributed by atoms with Crippen molar-refractivity contribution in [1.29, 1.82) is 0 Å². The van der Waals surface area contributed by atoms with Crippen LogP contribution in [0.3, 0.4) is 0 Å². The topological polar surface area (TPSA) is 71.4 Å². The van der Waals surface area contributed by atoms with Gasteiger partial charge in [-0.25, -0.2) is 0 Å². The lowest BCUT2D eigenvalue weighted by Gasteiger charge is -2.38. The normalized spacial score (nSPS) is 18.6. The first-order valence-corrected chi connectivity index (χ1v) is 11.9. The second kappa shape index (κ2) is 9.64. The third-order valence-corrected chi connectivity index (χ3v) is 7.00. The Kier molecular flexibility index (Phi) is 6.41. The largest absolute Gasteiger partial charge is 0.508 e. The number of hydrogen-bond donors (Lipinski definition) is 2. The highest BCUT2D eigenvalue weighted by atomic mass is 16.5. The van der Waals surface area contributed by atoms with Gasteiger partial charge in [0.15, 0.2) is 0 Å². The lowest BCUT2D eigenvalue weighted by molar-refractivity contribution is -0.0714. The van der Waals surface area contributed by atoms with Gasteiger partial charge in [-0.2, -0.15) is 0 Å². The van der Waals surface area contributed by atoms with Crippen LogP contribution in [0.1, 0.15) is 36.6 Å². The molecule has 0 aliphatic carbocycles. The van der Waals surface area contributed by atoms with Gasteiger partial charge in [0.1, 0.15) is 35.7 Å². The molecular formula is C29H31NO5. The van der Waals surface area contributed by atoms with Crippen molar-refractivity contribution in [1.82, 2.24) is 4.90 Å². The van der Waals surface area contributed by atoms with Gasteiger partial charge in [-0.3, -0.25) is 4.90 Å². The molecule has 2 aliphatic rings. The van der Waals surface area contributed by atoms with Crippen LogP contribution in [0, 0.1) is 0 Å². The number of likely N-dealkylation sites (N-methyl/N-ethyl adjacent to an activating group) is 1. The van der Waals surface area contributed by atoms with E-state index in [4.69, 9.17) is 14.2 Å². The van der Waals surface area contributed by atoms with Crippen molar-refractivity contribution in [3.63, 3.8) is 0 Å². The number of rotatable bonds is 7. The molecular weight excluding hydrogens is 442 g/mol. The predicted molar refractivity (Wildman–Crippen MR) is 136 cm³/mol. The maximum absolute atomic E-state index is 10.1. The van der Waals surface area contributed by atoms with Crippen molar-refractivity contribution in [2.75, 3.05) is 26.9 Å². The molecule has 0 bridgehead atoms. The van der Waals surface area contributed by atoms with Gasteiger partial charge in [-0.05, 0) is 80.1 Å². The maximum Gasteiger partial charge on any atom is 0.150 e. The number of fused-ring (bicyclic) bond motifs is 1. The number of aromatic hydroxyl groups is 2. The fraction of sp³-hybridized carbons (Fsp3) is 0.310. The molecule has 1 unspecified atom stereocenters. The molecule has 2 atom stereocenters. The van der Waals surface area contributed by atoms with Crippen LogP contribution in [0.15, 0.2) is 66.7 Å². The summed E-state index contributed by atoms with van der Waals surface area (Å²) in [5.74, 6) is 1.90. The Morgan fingerprint density at radius 1 is 1.00 bits per heavy atom.